The number of rotatable bonds is 4. The summed E-state index contributed by atoms with van der Waals surface area (Å²) in [6.45, 7) is 3.95. The molecule has 0 aliphatic rings. The van der Waals surface area contributed by atoms with Crippen LogP contribution < -0.4 is 0 Å². The third-order valence-electron chi connectivity index (χ3n) is 2.00. The molecule has 68 valence electrons. The molecule has 0 saturated carbocycles. The molecule has 3 nitrogen and oxygen atoms in total. The SMILES string of the molecule is CC(=O)[Si](CBr)(C(C)=O)C(C)=O. The van der Waals surface area contributed by atoms with Crippen molar-refractivity contribution in [1.82, 2.24) is 0 Å². The van der Waals surface area contributed by atoms with Crippen LogP contribution in [-0.4, -0.2) is 29.2 Å². The summed E-state index contributed by atoms with van der Waals surface area (Å²) < 4.78 is 0. The van der Waals surface area contributed by atoms with Crippen LogP contribution in [0.4, 0.5) is 0 Å². The van der Waals surface area contributed by atoms with Crippen molar-refractivity contribution in [3.05, 3.63) is 0 Å². The van der Waals surface area contributed by atoms with Gasteiger partial charge in [0.2, 0.25) is 0 Å². The molecule has 0 rings (SSSR count). The number of halogens is 1. The van der Waals surface area contributed by atoms with E-state index < -0.39 is 8.07 Å². The summed E-state index contributed by atoms with van der Waals surface area (Å²) in [5.74, 6) is 0. The van der Waals surface area contributed by atoms with E-state index in [1.165, 1.54) is 20.8 Å². The van der Waals surface area contributed by atoms with E-state index in [1.54, 1.807) is 0 Å². The number of alkyl halides is 1. The highest BCUT2D eigenvalue weighted by Crippen LogP contribution is 2.11. The minimum atomic E-state index is -3.00. The third kappa shape index (κ3) is 1.72. The molecule has 0 aliphatic heterocycles. The normalized spacial score (nSPS) is 11.0. The fraction of sp³-hybridized carbons (Fsp3) is 0.571. The van der Waals surface area contributed by atoms with Crippen LogP contribution in [0.25, 0.3) is 0 Å². The van der Waals surface area contributed by atoms with E-state index in [9.17, 15) is 14.4 Å². The minimum Gasteiger partial charge on any atom is -0.304 e. The molecule has 0 aromatic rings. The molecule has 0 heterocycles. The molecule has 0 fully saturated rings. The molecule has 0 unspecified atom stereocenters. The largest absolute Gasteiger partial charge is 0.304 e. The van der Waals surface area contributed by atoms with Crippen molar-refractivity contribution in [3.8, 4) is 0 Å². The van der Waals surface area contributed by atoms with Gasteiger partial charge in [-0.25, -0.2) is 0 Å². The van der Waals surface area contributed by atoms with Gasteiger partial charge in [-0.2, -0.15) is 0 Å². The molecule has 0 bridgehead atoms. The second-order valence-corrected chi connectivity index (χ2v) is 8.58. The Morgan fingerprint density at radius 2 is 1.25 bits per heavy atom. The van der Waals surface area contributed by atoms with Gasteiger partial charge < -0.3 is 14.4 Å². The van der Waals surface area contributed by atoms with E-state index in [-0.39, 0.29) is 21.2 Å². The van der Waals surface area contributed by atoms with Gasteiger partial charge in [0.05, 0.1) is 0 Å². The van der Waals surface area contributed by atoms with Gasteiger partial charge >= 0.3 is 0 Å². The number of carbonyl (C=O) groups excluding carboxylic acids is 3. The van der Waals surface area contributed by atoms with Crippen molar-refractivity contribution in [1.29, 1.82) is 0 Å². The number of carbonyl (C=O) groups is 3. The highest BCUT2D eigenvalue weighted by atomic mass is 79.9. The van der Waals surface area contributed by atoms with Crippen LogP contribution in [0, 0.1) is 0 Å². The van der Waals surface area contributed by atoms with Crippen LogP contribution in [-0.2, 0) is 14.4 Å². The van der Waals surface area contributed by atoms with Gasteiger partial charge in [0.15, 0.2) is 0 Å². The van der Waals surface area contributed by atoms with E-state index in [2.05, 4.69) is 15.9 Å². The Balaban J connectivity index is 5.19. The maximum absolute atomic E-state index is 11.2. The monoisotopic (exact) mass is 250 g/mol. The van der Waals surface area contributed by atoms with Crippen molar-refractivity contribution in [2.75, 3.05) is 4.95 Å². The van der Waals surface area contributed by atoms with Crippen molar-refractivity contribution in [2.24, 2.45) is 0 Å². The van der Waals surface area contributed by atoms with E-state index >= 15 is 0 Å². The zero-order chi connectivity index (χ0) is 9.94. The topological polar surface area (TPSA) is 51.2 Å². The summed E-state index contributed by atoms with van der Waals surface area (Å²) in [7, 11) is -3.00. The Bertz CT molecular complexity index is 201. The molecule has 0 radical (unpaired) electrons. The van der Waals surface area contributed by atoms with E-state index in [1.807, 2.05) is 0 Å². The molecule has 0 saturated heterocycles. The van der Waals surface area contributed by atoms with E-state index in [0.717, 1.165) is 0 Å². The highest BCUT2D eigenvalue weighted by Gasteiger charge is 2.48. The fourth-order valence-corrected chi connectivity index (χ4v) is 6.63. The van der Waals surface area contributed by atoms with Crippen molar-refractivity contribution in [3.63, 3.8) is 0 Å². The van der Waals surface area contributed by atoms with Crippen LogP contribution in [0.2, 0.25) is 0 Å². The first-order valence-corrected chi connectivity index (χ1v) is 6.81. The van der Waals surface area contributed by atoms with Gasteiger partial charge in [-0.15, -0.1) is 0 Å². The van der Waals surface area contributed by atoms with Gasteiger partial charge in [-0.05, 0) is 20.8 Å². The molecule has 0 spiro atoms. The molecular formula is C7H11BrO3Si. The lowest BCUT2D eigenvalue weighted by Gasteiger charge is -2.18. The smallest absolute Gasteiger partial charge is 0.288 e. The summed E-state index contributed by atoms with van der Waals surface area (Å²) in [6, 6.07) is 0. The quantitative estimate of drug-likeness (QED) is 0.547. The molecule has 0 amide bonds. The summed E-state index contributed by atoms with van der Waals surface area (Å²) in [4.78, 5) is 33.7. The van der Waals surface area contributed by atoms with Gasteiger partial charge in [0.1, 0.15) is 16.2 Å². The summed E-state index contributed by atoms with van der Waals surface area (Å²) in [6.07, 6.45) is 0. The molecule has 0 N–H and O–H groups in total. The van der Waals surface area contributed by atoms with E-state index in [0.29, 0.717) is 0 Å². The van der Waals surface area contributed by atoms with Gasteiger partial charge in [0, 0.05) is 4.95 Å². The first-order valence-electron chi connectivity index (χ1n) is 3.48. The number of hydrogen-bond acceptors (Lipinski definition) is 3. The van der Waals surface area contributed by atoms with Gasteiger partial charge in [-0.3, -0.25) is 0 Å². The highest BCUT2D eigenvalue weighted by molar-refractivity contribution is 9.10. The summed E-state index contributed by atoms with van der Waals surface area (Å²) in [5.41, 5.74) is 0. The maximum Gasteiger partial charge on any atom is 0.288 e. The third-order valence-corrected chi connectivity index (χ3v) is 8.53. The Hall–Kier alpha value is -0.293. The van der Waals surface area contributed by atoms with Crippen molar-refractivity contribution in [2.45, 2.75) is 20.8 Å². The van der Waals surface area contributed by atoms with Crippen LogP contribution in [0.1, 0.15) is 20.8 Å². The molecule has 0 aliphatic carbocycles. The average Bonchev–Trinajstić information content (AvgIpc) is 1.86. The summed E-state index contributed by atoms with van der Waals surface area (Å²) in [5, 5.41) is -0.793. The lowest BCUT2D eigenvalue weighted by molar-refractivity contribution is -0.117. The first kappa shape index (κ1) is 11.7. The van der Waals surface area contributed by atoms with Crippen LogP contribution in [0.5, 0.6) is 0 Å². The number of hydrogen-bond donors (Lipinski definition) is 0. The van der Waals surface area contributed by atoms with Crippen LogP contribution >= 0.6 is 15.9 Å². The molecule has 0 aromatic heterocycles. The standard InChI is InChI=1S/C7H11BrO3Si/c1-5(9)12(4-8,6(2)10)7(3)11/h4H2,1-3H3. The Labute approximate surface area is 80.7 Å². The van der Waals surface area contributed by atoms with Gasteiger partial charge in [-0.1, -0.05) is 15.9 Å². The molecule has 0 aromatic carbocycles. The van der Waals surface area contributed by atoms with Gasteiger partial charge in [0.25, 0.3) is 8.07 Å². The second-order valence-electron chi connectivity index (χ2n) is 2.71. The lowest BCUT2D eigenvalue weighted by atomic mass is 10.9. The zero-order valence-electron chi connectivity index (χ0n) is 7.31. The van der Waals surface area contributed by atoms with E-state index in [4.69, 9.17) is 0 Å². The minimum absolute atomic E-state index is 0.208. The Kier molecular flexibility index (Phi) is 3.99. The summed E-state index contributed by atoms with van der Waals surface area (Å²) >= 11 is 3.07. The Morgan fingerprint density at radius 1 is 1.00 bits per heavy atom. The van der Waals surface area contributed by atoms with Crippen LogP contribution in [0.15, 0.2) is 0 Å². The molecule has 0 atom stereocenters. The van der Waals surface area contributed by atoms with Crippen LogP contribution in [0.3, 0.4) is 0 Å². The predicted molar refractivity (Wildman–Crippen MR) is 51.6 cm³/mol. The molecule has 12 heavy (non-hydrogen) atoms. The maximum atomic E-state index is 11.2. The predicted octanol–water partition coefficient (Wildman–Crippen LogP) is 0.754. The van der Waals surface area contributed by atoms with Crippen molar-refractivity contribution >= 4 is 40.2 Å². The zero-order valence-corrected chi connectivity index (χ0v) is 9.90. The fourth-order valence-electron chi connectivity index (χ4n) is 1.03. The second kappa shape index (κ2) is 4.09. The average molecular weight is 251 g/mol. The molecule has 5 heteroatoms. The first-order chi connectivity index (χ1) is 5.39. The van der Waals surface area contributed by atoms with Crippen molar-refractivity contribution < 1.29 is 14.4 Å². The Morgan fingerprint density at radius 3 is 1.25 bits per heavy atom. The molecular weight excluding hydrogens is 240 g/mol. The lowest BCUT2D eigenvalue weighted by Crippen LogP contribution is -2.59.